The summed E-state index contributed by atoms with van der Waals surface area (Å²) in [6.45, 7) is 5.94. The van der Waals surface area contributed by atoms with E-state index in [4.69, 9.17) is 18.6 Å². The molecule has 4 bridgehead atoms. The van der Waals surface area contributed by atoms with Crippen molar-refractivity contribution >= 4 is 27.5 Å². The zero-order valence-corrected chi connectivity index (χ0v) is 23.5. The first kappa shape index (κ1) is 24.4. The quantitative estimate of drug-likeness (QED) is 0.311. The molecule has 2 aromatic heterocycles. The van der Waals surface area contributed by atoms with Crippen molar-refractivity contribution in [2.75, 3.05) is 12.4 Å². The Kier molecular flexibility index (Phi) is 5.44. The molecule has 10 heteroatoms. The van der Waals surface area contributed by atoms with Gasteiger partial charge in [-0.2, -0.15) is 0 Å². The van der Waals surface area contributed by atoms with Gasteiger partial charge in [-0.15, -0.1) is 0 Å². The number of likely N-dealkylation sites (N-methyl/N-ethyl adjacent to an activating group) is 1. The van der Waals surface area contributed by atoms with Crippen LogP contribution in [-0.2, 0) is 16.6 Å². The van der Waals surface area contributed by atoms with Gasteiger partial charge in [0.15, 0.2) is 17.7 Å². The number of nitrogens with zero attached hydrogens (tertiary/aromatic N) is 2. The average Bonchev–Trinajstić information content (AvgIpc) is 3.66. The Balaban J connectivity index is 1.59. The van der Waals surface area contributed by atoms with E-state index in [1.54, 1.807) is 13.3 Å². The van der Waals surface area contributed by atoms with E-state index < -0.39 is 23.7 Å². The molecule has 4 aromatic rings. The van der Waals surface area contributed by atoms with Crippen molar-refractivity contribution in [1.82, 2.24) is 20.6 Å². The van der Waals surface area contributed by atoms with Crippen molar-refractivity contribution in [3.63, 3.8) is 0 Å². The number of oxazole rings is 2. The molecule has 0 saturated carbocycles. The van der Waals surface area contributed by atoms with Crippen LogP contribution in [0, 0.1) is 12.8 Å². The number of aromatic nitrogens is 2. The van der Waals surface area contributed by atoms with Crippen molar-refractivity contribution in [3.8, 4) is 17.3 Å². The van der Waals surface area contributed by atoms with Crippen molar-refractivity contribution in [1.29, 1.82) is 0 Å². The molecule has 3 aliphatic rings. The highest BCUT2D eigenvalue weighted by molar-refractivity contribution is 9.10. The number of anilines is 1. The van der Waals surface area contributed by atoms with Gasteiger partial charge < -0.3 is 29.5 Å². The minimum Gasteiger partial charge on any atom is -0.469 e. The Morgan fingerprint density at radius 3 is 2.74 bits per heavy atom. The second-order valence-electron chi connectivity index (χ2n) is 10.7. The Morgan fingerprint density at radius 2 is 2.00 bits per heavy atom. The van der Waals surface area contributed by atoms with Gasteiger partial charge in [-0.1, -0.05) is 38.1 Å². The summed E-state index contributed by atoms with van der Waals surface area (Å²) in [5, 5.41) is 9.98. The standard InChI is InChI=1S/C29H28BrN5O4/c1-13(2)21-27-34-23(26-32-14(3)12-37-26)24(39-27)29-16-6-5-7-18(30)22(16)35-28(29)38-20-9-8-15(10-17(20)29)11-19(31-4)25(36)33-21/h5-10,12-13,19,21,28,31,35H,11H2,1-4H3,(H,33,36)/t19?,21-,28?,29?/m0/s1. The third-order valence-corrected chi connectivity index (χ3v) is 8.64. The molecule has 1 spiro atoms. The van der Waals surface area contributed by atoms with E-state index in [2.05, 4.69) is 49.0 Å². The lowest BCUT2D eigenvalue weighted by atomic mass is 9.72. The summed E-state index contributed by atoms with van der Waals surface area (Å²) in [5.41, 5.74) is 4.22. The third kappa shape index (κ3) is 3.44. The molecular formula is C29H28BrN5O4. The highest BCUT2D eigenvalue weighted by Gasteiger charge is 2.61. The van der Waals surface area contributed by atoms with E-state index >= 15 is 0 Å². The highest BCUT2D eigenvalue weighted by atomic mass is 79.9. The number of carbonyl (C=O) groups is 1. The van der Waals surface area contributed by atoms with Gasteiger partial charge >= 0.3 is 0 Å². The molecule has 0 fully saturated rings. The monoisotopic (exact) mass is 589 g/mol. The van der Waals surface area contributed by atoms with E-state index in [1.165, 1.54) is 0 Å². The number of para-hydroxylation sites is 1. The highest BCUT2D eigenvalue weighted by Crippen LogP contribution is 2.60. The van der Waals surface area contributed by atoms with Gasteiger partial charge in [-0.05, 0) is 59.9 Å². The molecule has 0 radical (unpaired) electrons. The van der Waals surface area contributed by atoms with Gasteiger partial charge in [0.2, 0.25) is 17.7 Å². The largest absolute Gasteiger partial charge is 0.469 e. The maximum atomic E-state index is 13.5. The first-order valence-electron chi connectivity index (χ1n) is 13.1. The molecule has 9 nitrogen and oxygen atoms in total. The van der Waals surface area contributed by atoms with Crippen LogP contribution < -0.4 is 20.7 Å². The van der Waals surface area contributed by atoms with Gasteiger partial charge in [-0.25, -0.2) is 9.97 Å². The van der Waals surface area contributed by atoms with E-state index in [-0.39, 0.29) is 11.8 Å². The summed E-state index contributed by atoms with van der Waals surface area (Å²) in [6, 6.07) is 11.3. The van der Waals surface area contributed by atoms with Gasteiger partial charge in [0.1, 0.15) is 23.5 Å². The minimum absolute atomic E-state index is 0.00434. The smallest absolute Gasteiger partial charge is 0.249 e. The number of ether oxygens (including phenoxy) is 1. The topological polar surface area (TPSA) is 114 Å². The van der Waals surface area contributed by atoms with Crippen LogP contribution in [0.25, 0.3) is 11.6 Å². The fourth-order valence-corrected chi connectivity index (χ4v) is 6.54. The number of rotatable bonds is 3. The Labute approximate surface area is 233 Å². The van der Waals surface area contributed by atoms with Gasteiger partial charge in [0.25, 0.3) is 0 Å². The molecule has 3 aliphatic heterocycles. The molecule has 5 heterocycles. The van der Waals surface area contributed by atoms with Crippen LogP contribution in [0.3, 0.4) is 0 Å². The molecule has 200 valence electrons. The Hall–Kier alpha value is -3.63. The maximum absolute atomic E-state index is 13.5. The number of halogens is 1. The fraction of sp³-hybridized carbons (Fsp3) is 0.345. The zero-order chi connectivity index (χ0) is 27.1. The number of fused-ring (bicyclic) bond motifs is 4. The predicted octanol–water partition coefficient (Wildman–Crippen LogP) is 4.84. The Morgan fingerprint density at radius 1 is 1.15 bits per heavy atom. The number of aryl methyl sites for hydroxylation is 1. The summed E-state index contributed by atoms with van der Waals surface area (Å²) in [4.78, 5) is 23.1. The number of hydrogen-bond donors (Lipinski definition) is 3. The van der Waals surface area contributed by atoms with Crippen molar-refractivity contribution in [2.24, 2.45) is 5.92 Å². The van der Waals surface area contributed by atoms with Crippen molar-refractivity contribution < 1.29 is 18.4 Å². The van der Waals surface area contributed by atoms with Gasteiger partial charge in [0.05, 0.1) is 17.4 Å². The number of benzene rings is 2. The average molecular weight is 590 g/mol. The molecule has 1 amide bonds. The van der Waals surface area contributed by atoms with Crippen LogP contribution in [0.5, 0.6) is 5.75 Å². The van der Waals surface area contributed by atoms with Crippen molar-refractivity contribution in [2.45, 2.75) is 50.9 Å². The lowest BCUT2D eigenvalue weighted by molar-refractivity contribution is -0.124. The predicted molar refractivity (Wildman–Crippen MR) is 148 cm³/mol. The lowest BCUT2D eigenvalue weighted by Gasteiger charge is -2.28. The van der Waals surface area contributed by atoms with Crippen LogP contribution in [0.1, 0.15) is 53.9 Å². The van der Waals surface area contributed by atoms with E-state index in [1.807, 2.05) is 45.0 Å². The normalized spacial score (nSPS) is 24.8. The zero-order valence-electron chi connectivity index (χ0n) is 22.0. The fourth-order valence-electron chi connectivity index (χ4n) is 6.06. The summed E-state index contributed by atoms with van der Waals surface area (Å²) >= 11 is 3.73. The maximum Gasteiger partial charge on any atom is 0.249 e. The SMILES string of the molecule is CNC1Cc2ccc3c(c2)C2(c4cccc(Br)c4NC2O3)c2oc(nc2-c2nc(C)co2)[C@H](C(C)C)NC1=O. The Bertz CT molecular complexity index is 1630. The summed E-state index contributed by atoms with van der Waals surface area (Å²) in [6.07, 6.45) is 1.62. The van der Waals surface area contributed by atoms with Crippen LogP contribution in [0.15, 0.2) is 56.0 Å². The summed E-state index contributed by atoms with van der Waals surface area (Å²) in [7, 11) is 1.80. The molecule has 7 rings (SSSR count). The molecule has 3 unspecified atom stereocenters. The number of carbonyl (C=O) groups excluding carboxylic acids is 1. The third-order valence-electron chi connectivity index (χ3n) is 7.98. The minimum atomic E-state index is -0.882. The molecular weight excluding hydrogens is 562 g/mol. The lowest BCUT2D eigenvalue weighted by Crippen LogP contribution is -2.46. The van der Waals surface area contributed by atoms with E-state index in [0.717, 1.165) is 38.3 Å². The van der Waals surface area contributed by atoms with E-state index in [0.29, 0.717) is 29.7 Å². The molecule has 39 heavy (non-hydrogen) atoms. The second-order valence-corrected chi connectivity index (χ2v) is 11.6. The molecule has 2 aromatic carbocycles. The van der Waals surface area contributed by atoms with Crippen LogP contribution >= 0.6 is 15.9 Å². The van der Waals surface area contributed by atoms with Crippen LogP contribution in [-0.4, -0.2) is 35.2 Å². The first-order chi connectivity index (χ1) is 18.8. The van der Waals surface area contributed by atoms with Gasteiger partial charge in [-0.3, -0.25) is 4.79 Å². The molecule has 4 atom stereocenters. The van der Waals surface area contributed by atoms with Crippen LogP contribution in [0.4, 0.5) is 5.69 Å². The number of amides is 1. The molecule has 0 saturated heterocycles. The number of nitrogens with one attached hydrogen (secondary N) is 3. The molecule has 0 aliphatic carbocycles. The summed E-state index contributed by atoms with van der Waals surface area (Å²) < 4.78 is 20.2. The number of hydrogen-bond acceptors (Lipinski definition) is 8. The second kappa shape index (κ2) is 8.69. The van der Waals surface area contributed by atoms with Crippen LogP contribution in [0.2, 0.25) is 0 Å². The van der Waals surface area contributed by atoms with E-state index in [9.17, 15) is 4.79 Å². The van der Waals surface area contributed by atoms with Crippen molar-refractivity contribution in [3.05, 3.63) is 81.2 Å². The van der Waals surface area contributed by atoms with Gasteiger partial charge in [0, 0.05) is 15.6 Å². The molecule has 3 N–H and O–H groups in total. The summed E-state index contributed by atoms with van der Waals surface area (Å²) in [5.74, 6) is 1.95. The first-order valence-corrected chi connectivity index (χ1v) is 13.9.